The number of amides is 1. The van der Waals surface area contributed by atoms with E-state index in [1.165, 1.54) is 16.7 Å². The molecule has 3 heterocycles. The van der Waals surface area contributed by atoms with Gasteiger partial charge in [0.25, 0.3) is 0 Å². The Morgan fingerprint density at radius 1 is 0.871 bits per heavy atom. The molecule has 0 radical (unpaired) electrons. The van der Waals surface area contributed by atoms with E-state index in [4.69, 9.17) is 0 Å². The van der Waals surface area contributed by atoms with Crippen LogP contribution in [0.3, 0.4) is 0 Å². The molecule has 3 aromatic rings. The van der Waals surface area contributed by atoms with Crippen LogP contribution in [0.1, 0.15) is 22.6 Å². The molecule has 0 N–H and O–H groups in total. The van der Waals surface area contributed by atoms with Crippen molar-refractivity contribution in [1.29, 1.82) is 0 Å². The highest BCUT2D eigenvalue weighted by atomic mass is 16.2. The van der Waals surface area contributed by atoms with Gasteiger partial charge in [0.15, 0.2) is 0 Å². The lowest BCUT2D eigenvalue weighted by atomic mass is 9.84. The average molecular weight is 413 g/mol. The quantitative estimate of drug-likeness (QED) is 0.659. The first kappa shape index (κ1) is 19.8. The number of rotatable bonds is 4. The van der Waals surface area contributed by atoms with Gasteiger partial charge in [-0.1, -0.05) is 60.7 Å². The van der Waals surface area contributed by atoms with E-state index in [1.807, 2.05) is 29.3 Å². The molecule has 0 spiro atoms. The van der Waals surface area contributed by atoms with Crippen LogP contribution < -0.4 is 4.90 Å². The second kappa shape index (κ2) is 8.90. The lowest BCUT2D eigenvalue weighted by Gasteiger charge is -2.38. The summed E-state index contributed by atoms with van der Waals surface area (Å²) in [6.45, 7) is 5.35. The number of benzene rings is 2. The van der Waals surface area contributed by atoms with E-state index in [1.54, 1.807) is 0 Å². The van der Waals surface area contributed by atoms with Crippen molar-refractivity contribution in [3.63, 3.8) is 0 Å². The highest BCUT2D eigenvalue weighted by molar-refractivity contribution is 5.78. The zero-order valence-electron chi connectivity index (χ0n) is 17.7. The number of aromatic nitrogens is 1. The van der Waals surface area contributed by atoms with Crippen LogP contribution in [-0.2, 0) is 11.3 Å². The Kier molecular flexibility index (Phi) is 5.67. The van der Waals surface area contributed by atoms with Crippen molar-refractivity contribution in [2.45, 2.75) is 12.5 Å². The summed E-state index contributed by atoms with van der Waals surface area (Å²) in [6, 6.07) is 25.3. The molecule has 1 saturated heterocycles. The first-order chi connectivity index (χ1) is 15.3. The fourth-order valence-electron chi connectivity index (χ4n) is 4.79. The molecule has 0 saturated carbocycles. The number of hydrogen-bond donors (Lipinski definition) is 0. The predicted molar refractivity (Wildman–Crippen MR) is 123 cm³/mol. The number of carbonyl (C=O) groups excluding carboxylic acids is 1. The standard InChI is InChI=1S/C26H28N4O/c31-26(30-16-14-29(15-17-30)25-12-6-7-13-27-25)20-28-18-22-10-4-5-11-23(22)24(19-28)21-8-2-1-3-9-21/h1-13,24H,14-20H2/t24-/m1/s1. The number of fused-ring (bicyclic) bond motifs is 1. The maximum Gasteiger partial charge on any atom is 0.236 e. The van der Waals surface area contributed by atoms with Gasteiger partial charge in [0.05, 0.1) is 6.54 Å². The molecule has 1 amide bonds. The summed E-state index contributed by atoms with van der Waals surface area (Å²) in [5, 5.41) is 0. The Morgan fingerprint density at radius 2 is 1.61 bits per heavy atom. The second-order valence-electron chi connectivity index (χ2n) is 8.39. The normalized spacial score (nSPS) is 19.2. The lowest BCUT2D eigenvalue weighted by molar-refractivity contribution is -0.133. The van der Waals surface area contributed by atoms with Gasteiger partial charge in [-0.15, -0.1) is 0 Å². The highest BCUT2D eigenvalue weighted by Crippen LogP contribution is 2.33. The van der Waals surface area contributed by atoms with Gasteiger partial charge in [-0.25, -0.2) is 4.98 Å². The van der Waals surface area contributed by atoms with Crippen molar-refractivity contribution in [3.05, 3.63) is 95.7 Å². The minimum atomic E-state index is 0.229. The topological polar surface area (TPSA) is 39.7 Å². The molecule has 1 atom stereocenters. The molecular weight excluding hydrogens is 384 g/mol. The van der Waals surface area contributed by atoms with E-state index >= 15 is 0 Å². The van der Waals surface area contributed by atoms with Crippen molar-refractivity contribution >= 4 is 11.7 Å². The Labute approximate surface area is 183 Å². The molecule has 31 heavy (non-hydrogen) atoms. The third-order valence-electron chi connectivity index (χ3n) is 6.43. The van der Waals surface area contributed by atoms with E-state index in [-0.39, 0.29) is 5.91 Å². The van der Waals surface area contributed by atoms with Gasteiger partial charge in [0.2, 0.25) is 5.91 Å². The summed E-state index contributed by atoms with van der Waals surface area (Å²) in [7, 11) is 0. The fraction of sp³-hybridized carbons (Fsp3) is 0.308. The summed E-state index contributed by atoms with van der Waals surface area (Å²) in [4.78, 5) is 24.1. The van der Waals surface area contributed by atoms with Crippen molar-refractivity contribution in [3.8, 4) is 0 Å². The van der Waals surface area contributed by atoms with E-state index in [0.717, 1.165) is 45.1 Å². The number of hydrogen-bond acceptors (Lipinski definition) is 4. The second-order valence-corrected chi connectivity index (χ2v) is 8.39. The molecule has 5 nitrogen and oxygen atoms in total. The molecule has 2 aromatic carbocycles. The molecule has 2 aliphatic heterocycles. The number of carbonyl (C=O) groups is 1. The van der Waals surface area contributed by atoms with Crippen molar-refractivity contribution < 1.29 is 4.79 Å². The number of piperazine rings is 1. The summed E-state index contributed by atoms with van der Waals surface area (Å²) in [5.41, 5.74) is 4.04. The van der Waals surface area contributed by atoms with Gasteiger partial charge >= 0.3 is 0 Å². The molecule has 1 fully saturated rings. The van der Waals surface area contributed by atoms with Crippen molar-refractivity contribution in [2.24, 2.45) is 0 Å². The third-order valence-corrected chi connectivity index (χ3v) is 6.43. The van der Waals surface area contributed by atoms with Crippen LogP contribution in [0.5, 0.6) is 0 Å². The fourth-order valence-corrected chi connectivity index (χ4v) is 4.79. The molecule has 158 valence electrons. The molecular formula is C26H28N4O. The minimum Gasteiger partial charge on any atom is -0.353 e. The molecule has 5 rings (SSSR count). The smallest absolute Gasteiger partial charge is 0.236 e. The molecule has 0 bridgehead atoms. The van der Waals surface area contributed by atoms with Gasteiger partial charge in [-0.05, 0) is 28.8 Å². The molecule has 5 heteroatoms. The zero-order valence-corrected chi connectivity index (χ0v) is 17.7. The minimum absolute atomic E-state index is 0.229. The number of pyridine rings is 1. The maximum absolute atomic E-state index is 13.1. The summed E-state index contributed by atoms with van der Waals surface area (Å²) in [6.07, 6.45) is 1.82. The van der Waals surface area contributed by atoms with Gasteiger partial charge < -0.3 is 9.80 Å². The van der Waals surface area contributed by atoms with Crippen LogP contribution in [0.2, 0.25) is 0 Å². The van der Waals surface area contributed by atoms with Gasteiger partial charge in [-0.2, -0.15) is 0 Å². The van der Waals surface area contributed by atoms with Crippen LogP contribution in [0.25, 0.3) is 0 Å². The SMILES string of the molecule is O=C(CN1Cc2ccccc2[C@@H](c2ccccc2)C1)N1CCN(c2ccccn2)CC1. The first-order valence-electron chi connectivity index (χ1n) is 11.1. The maximum atomic E-state index is 13.1. The third kappa shape index (κ3) is 4.32. The Bertz CT molecular complexity index is 1020. The van der Waals surface area contributed by atoms with E-state index in [2.05, 4.69) is 69.4 Å². The summed E-state index contributed by atoms with van der Waals surface area (Å²) < 4.78 is 0. The first-order valence-corrected chi connectivity index (χ1v) is 11.1. The predicted octanol–water partition coefficient (Wildman–Crippen LogP) is 3.38. The van der Waals surface area contributed by atoms with Gasteiger partial charge in [0.1, 0.15) is 5.82 Å². The largest absolute Gasteiger partial charge is 0.353 e. The van der Waals surface area contributed by atoms with Crippen LogP contribution in [-0.4, -0.2) is 60.0 Å². The summed E-state index contributed by atoms with van der Waals surface area (Å²) in [5.74, 6) is 1.53. The van der Waals surface area contributed by atoms with E-state index in [9.17, 15) is 4.79 Å². The Hall–Kier alpha value is -3.18. The molecule has 2 aliphatic rings. The van der Waals surface area contributed by atoms with Gasteiger partial charge in [-0.3, -0.25) is 9.69 Å². The van der Waals surface area contributed by atoms with Crippen LogP contribution >= 0.6 is 0 Å². The van der Waals surface area contributed by atoms with Crippen molar-refractivity contribution in [2.75, 3.05) is 44.2 Å². The van der Waals surface area contributed by atoms with E-state index in [0.29, 0.717) is 12.5 Å². The average Bonchev–Trinajstić information content (AvgIpc) is 2.85. The monoisotopic (exact) mass is 412 g/mol. The van der Waals surface area contributed by atoms with Crippen LogP contribution in [0, 0.1) is 0 Å². The summed E-state index contributed by atoms with van der Waals surface area (Å²) >= 11 is 0. The number of anilines is 1. The van der Waals surface area contributed by atoms with Crippen LogP contribution in [0.15, 0.2) is 79.0 Å². The van der Waals surface area contributed by atoms with Crippen LogP contribution in [0.4, 0.5) is 5.82 Å². The molecule has 0 unspecified atom stereocenters. The number of nitrogens with zero attached hydrogens (tertiary/aromatic N) is 4. The Morgan fingerprint density at radius 3 is 2.39 bits per heavy atom. The van der Waals surface area contributed by atoms with E-state index < -0.39 is 0 Å². The highest BCUT2D eigenvalue weighted by Gasteiger charge is 2.29. The molecule has 0 aliphatic carbocycles. The lowest BCUT2D eigenvalue weighted by Crippen LogP contribution is -2.52. The Balaban J connectivity index is 1.25. The molecule has 1 aromatic heterocycles. The zero-order chi connectivity index (χ0) is 21.0. The van der Waals surface area contributed by atoms with Gasteiger partial charge in [0, 0.05) is 51.4 Å². The van der Waals surface area contributed by atoms with Crippen molar-refractivity contribution in [1.82, 2.24) is 14.8 Å².